The molecule has 0 spiro atoms. The van der Waals surface area contributed by atoms with Crippen molar-refractivity contribution in [3.05, 3.63) is 62.3 Å². The Hall–Kier alpha value is -1.18. The molecule has 1 saturated heterocycles. The molecule has 1 aliphatic heterocycles. The van der Waals surface area contributed by atoms with Crippen LogP contribution < -0.4 is 5.32 Å². The minimum Gasteiger partial charge on any atom is -0.388 e. The van der Waals surface area contributed by atoms with Gasteiger partial charge >= 0.3 is 0 Å². The molecular formula is C22H26BrCl2N3O2. The average Bonchev–Trinajstić information content (AvgIpc) is 2.73. The molecule has 0 aliphatic carbocycles. The lowest BCUT2D eigenvalue weighted by Crippen LogP contribution is -2.42. The number of hydrogen-bond donors (Lipinski definition) is 2. The van der Waals surface area contributed by atoms with Crippen molar-refractivity contribution in [2.45, 2.75) is 38.3 Å². The predicted molar refractivity (Wildman–Crippen MR) is 124 cm³/mol. The highest BCUT2D eigenvalue weighted by molar-refractivity contribution is 9.10. The van der Waals surface area contributed by atoms with Crippen LogP contribution >= 0.6 is 39.1 Å². The molecular weight excluding hydrogens is 489 g/mol. The zero-order chi connectivity index (χ0) is 21.7. The number of amides is 1. The molecule has 1 aromatic heterocycles. The Morgan fingerprint density at radius 2 is 1.83 bits per heavy atom. The van der Waals surface area contributed by atoms with Gasteiger partial charge in [-0.3, -0.25) is 9.78 Å². The number of aromatic nitrogens is 1. The molecule has 2 heterocycles. The van der Waals surface area contributed by atoms with Crippen LogP contribution in [-0.2, 0) is 0 Å². The van der Waals surface area contributed by atoms with Crippen molar-refractivity contribution in [2.24, 2.45) is 5.92 Å². The second-order valence-electron chi connectivity index (χ2n) is 7.74. The second kappa shape index (κ2) is 10.9. The minimum atomic E-state index is -0.426. The Morgan fingerprint density at radius 3 is 2.43 bits per heavy atom. The van der Waals surface area contributed by atoms with Gasteiger partial charge in [-0.2, -0.15) is 0 Å². The Kier molecular flexibility index (Phi) is 8.54. The van der Waals surface area contributed by atoms with Gasteiger partial charge < -0.3 is 15.3 Å². The molecule has 0 bridgehead atoms. The number of benzene rings is 1. The zero-order valence-electron chi connectivity index (χ0n) is 16.8. The van der Waals surface area contributed by atoms with E-state index in [0.717, 1.165) is 42.4 Å². The summed E-state index contributed by atoms with van der Waals surface area (Å²) < 4.78 is 1.02. The molecule has 8 heteroatoms. The average molecular weight is 515 g/mol. The van der Waals surface area contributed by atoms with E-state index in [4.69, 9.17) is 23.2 Å². The number of rotatable bonds is 7. The smallest absolute Gasteiger partial charge is 0.254 e. The summed E-state index contributed by atoms with van der Waals surface area (Å²) in [7, 11) is 0. The number of likely N-dealkylation sites (tertiary alicyclic amines) is 1. The maximum atomic E-state index is 12.4. The van der Waals surface area contributed by atoms with Crippen LogP contribution in [0.2, 0.25) is 10.0 Å². The lowest BCUT2D eigenvalue weighted by atomic mass is 9.87. The molecule has 0 saturated carbocycles. The molecule has 2 unspecified atom stereocenters. The Labute approximate surface area is 195 Å². The topological polar surface area (TPSA) is 65.5 Å². The van der Waals surface area contributed by atoms with Crippen LogP contribution in [-0.4, -0.2) is 46.6 Å². The summed E-state index contributed by atoms with van der Waals surface area (Å²) in [5, 5.41) is 14.1. The number of hydrogen-bond acceptors (Lipinski definition) is 4. The predicted octanol–water partition coefficient (Wildman–Crippen LogP) is 5.10. The van der Waals surface area contributed by atoms with Gasteiger partial charge in [0.1, 0.15) is 0 Å². The fraction of sp³-hybridized carbons (Fsp3) is 0.455. The van der Waals surface area contributed by atoms with Crippen molar-refractivity contribution < 1.29 is 9.90 Å². The van der Waals surface area contributed by atoms with Crippen LogP contribution in [0.15, 0.2) is 41.1 Å². The molecule has 2 atom stereocenters. The SMILES string of the molecule is CC(CCNC(=O)c1c(Cl)cncc1Cl)N1CCC(C(O)c2ccc(Br)cc2)CC1. The molecule has 1 aliphatic rings. The van der Waals surface area contributed by atoms with Gasteiger partial charge in [-0.1, -0.05) is 51.3 Å². The number of pyridine rings is 1. The van der Waals surface area contributed by atoms with Crippen molar-refractivity contribution in [2.75, 3.05) is 19.6 Å². The van der Waals surface area contributed by atoms with Crippen LogP contribution in [0.25, 0.3) is 0 Å². The number of nitrogens with one attached hydrogen (secondary N) is 1. The van der Waals surface area contributed by atoms with E-state index in [9.17, 15) is 9.90 Å². The maximum absolute atomic E-state index is 12.4. The van der Waals surface area contributed by atoms with E-state index in [1.54, 1.807) is 0 Å². The summed E-state index contributed by atoms with van der Waals surface area (Å²) in [6.07, 6.45) is 5.14. The molecule has 5 nitrogen and oxygen atoms in total. The first-order valence-electron chi connectivity index (χ1n) is 10.1. The number of carbonyl (C=O) groups is 1. The van der Waals surface area contributed by atoms with E-state index in [1.165, 1.54) is 12.4 Å². The number of halogens is 3. The number of nitrogens with zero attached hydrogens (tertiary/aromatic N) is 2. The zero-order valence-corrected chi connectivity index (χ0v) is 19.9. The van der Waals surface area contributed by atoms with Gasteiger partial charge in [0, 0.05) is 29.5 Å². The van der Waals surface area contributed by atoms with Gasteiger partial charge in [-0.25, -0.2) is 0 Å². The van der Waals surface area contributed by atoms with Gasteiger partial charge in [0.05, 0.1) is 21.7 Å². The summed E-state index contributed by atoms with van der Waals surface area (Å²) in [5.74, 6) is -0.0127. The lowest BCUT2D eigenvalue weighted by molar-refractivity contribution is 0.0461. The molecule has 30 heavy (non-hydrogen) atoms. The quantitative estimate of drug-likeness (QED) is 0.539. The van der Waals surface area contributed by atoms with Gasteiger partial charge in [-0.15, -0.1) is 0 Å². The second-order valence-corrected chi connectivity index (χ2v) is 9.47. The van der Waals surface area contributed by atoms with Crippen molar-refractivity contribution >= 4 is 45.0 Å². The monoisotopic (exact) mass is 513 g/mol. The Balaban J connectivity index is 1.43. The van der Waals surface area contributed by atoms with E-state index < -0.39 is 6.10 Å². The van der Waals surface area contributed by atoms with Gasteiger partial charge in [0.15, 0.2) is 0 Å². The van der Waals surface area contributed by atoms with Crippen molar-refractivity contribution in [1.29, 1.82) is 0 Å². The third kappa shape index (κ3) is 5.95. The van der Waals surface area contributed by atoms with E-state index >= 15 is 0 Å². The van der Waals surface area contributed by atoms with Crippen molar-refractivity contribution in [3.8, 4) is 0 Å². The number of carbonyl (C=O) groups excluding carboxylic acids is 1. The summed E-state index contributed by atoms with van der Waals surface area (Å²) in [6.45, 7) is 4.59. The molecule has 2 aromatic rings. The first-order valence-corrected chi connectivity index (χ1v) is 11.7. The normalized spacial score (nSPS) is 17.5. The summed E-state index contributed by atoms with van der Waals surface area (Å²) in [5.41, 5.74) is 1.24. The fourth-order valence-corrected chi connectivity index (χ4v) is 4.70. The molecule has 162 valence electrons. The Bertz CT molecular complexity index is 838. The van der Waals surface area contributed by atoms with Gasteiger partial charge in [0.2, 0.25) is 0 Å². The van der Waals surface area contributed by atoms with Crippen LogP contribution in [0.1, 0.15) is 48.2 Å². The number of aliphatic hydroxyl groups excluding tert-OH is 1. The van der Waals surface area contributed by atoms with Crippen LogP contribution in [0.3, 0.4) is 0 Å². The highest BCUT2D eigenvalue weighted by Gasteiger charge is 2.28. The standard InChI is InChI=1S/C22H26BrCl2N3O2/c1-14(6-9-27-22(30)20-18(24)12-26-13-19(20)25)28-10-7-16(8-11-28)21(29)15-2-4-17(23)5-3-15/h2-5,12-14,16,21,29H,6-11H2,1H3,(H,27,30). The van der Waals surface area contributed by atoms with Crippen LogP contribution in [0.5, 0.6) is 0 Å². The van der Waals surface area contributed by atoms with E-state index in [0.29, 0.717) is 12.6 Å². The third-order valence-corrected chi connectivity index (χ3v) is 6.89. The molecule has 2 N–H and O–H groups in total. The maximum Gasteiger partial charge on any atom is 0.254 e. The molecule has 1 amide bonds. The first kappa shape index (κ1) is 23.5. The van der Waals surface area contributed by atoms with E-state index in [1.807, 2.05) is 24.3 Å². The minimum absolute atomic E-state index is 0.249. The molecule has 0 radical (unpaired) electrons. The largest absolute Gasteiger partial charge is 0.388 e. The Morgan fingerprint density at radius 1 is 1.23 bits per heavy atom. The van der Waals surface area contributed by atoms with Gasteiger partial charge in [-0.05, 0) is 62.9 Å². The van der Waals surface area contributed by atoms with Crippen LogP contribution in [0, 0.1) is 5.92 Å². The molecule has 1 aromatic carbocycles. The fourth-order valence-electron chi connectivity index (χ4n) is 3.90. The molecule has 3 rings (SSSR count). The highest BCUT2D eigenvalue weighted by atomic mass is 79.9. The summed E-state index contributed by atoms with van der Waals surface area (Å²) >= 11 is 15.5. The van der Waals surface area contributed by atoms with Crippen LogP contribution in [0.4, 0.5) is 0 Å². The van der Waals surface area contributed by atoms with Crippen molar-refractivity contribution in [3.63, 3.8) is 0 Å². The highest BCUT2D eigenvalue weighted by Crippen LogP contribution is 2.32. The third-order valence-electron chi connectivity index (χ3n) is 5.78. The lowest BCUT2D eigenvalue weighted by Gasteiger charge is -2.37. The first-order chi connectivity index (χ1) is 14.4. The van der Waals surface area contributed by atoms with E-state index in [-0.39, 0.29) is 27.4 Å². The number of aliphatic hydroxyl groups is 1. The summed E-state index contributed by atoms with van der Waals surface area (Å²) in [6, 6.07) is 8.23. The van der Waals surface area contributed by atoms with E-state index in [2.05, 4.69) is 38.1 Å². The molecule has 1 fully saturated rings. The van der Waals surface area contributed by atoms with Gasteiger partial charge in [0.25, 0.3) is 5.91 Å². The van der Waals surface area contributed by atoms with Crippen molar-refractivity contribution in [1.82, 2.24) is 15.2 Å². The summed E-state index contributed by atoms with van der Waals surface area (Å²) in [4.78, 5) is 18.7. The number of piperidine rings is 1.